The number of likely N-dealkylation sites (N-methyl/N-ethyl adjacent to an activating group) is 1. The van der Waals surface area contributed by atoms with Gasteiger partial charge in [0.05, 0.1) is 6.54 Å². The molecule has 2 N–H and O–H groups in total. The van der Waals surface area contributed by atoms with Gasteiger partial charge < -0.3 is 15.1 Å². The number of nitrogens with zero attached hydrogens (tertiary/aromatic N) is 1. The third kappa shape index (κ3) is 6.51. The molecule has 0 aliphatic heterocycles. The van der Waals surface area contributed by atoms with Crippen molar-refractivity contribution in [2.75, 3.05) is 31.5 Å². The molecule has 27 heavy (non-hydrogen) atoms. The van der Waals surface area contributed by atoms with Crippen molar-refractivity contribution >= 4 is 17.5 Å². The van der Waals surface area contributed by atoms with Crippen molar-refractivity contribution in [1.29, 1.82) is 0 Å². The van der Waals surface area contributed by atoms with Gasteiger partial charge in [-0.3, -0.25) is 9.59 Å². The summed E-state index contributed by atoms with van der Waals surface area (Å²) in [5.41, 5.74) is 3.04. The molecule has 2 amide bonds. The number of amides is 2. The van der Waals surface area contributed by atoms with E-state index >= 15 is 0 Å². The molecular weight excluding hydrogens is 338 g/mol. The Morgan fingerprint density at radius 2 is 1.93 bits per heavy atom. The SMILES string of the molecule is CCC[NH+](CC(=O)Nc1ccccc1C)CC(=O)N(CC)C1=CCCCC1. The van der Waals surface area contributed by atoms with Crippen molar-refractivity contribution < 1.29 is 14.5 Å². The zero-order valence-corrected chi connectivity index (χ0v) is 17.0. The Morgan fingerprint density at radius 3 is 2.56 bits per heavy atom. The Balaban J connectivity index is 1.97. The van der Waals surface area contributed by atoms with E-state index in [9.17, 15) is 9.59 Å². The van der Waals surface area contributed by atoms with Crippen molar-refractivity contribution in [3.05, 3.63) is 41.6 Å². The molecule has 1 unspecified atom stereocenters. The molecule has 1 aromatic rings. The standard InChI is InChI=1S/C22H33N3O2/c1-4-15-24(16-21(26)23-20-14-10-9-11-18(20)3)17-22(27)25(5-2)19-12-7-6-8-13-19/h9-12,14H,4-8,13,15-17H2,1-3H3,(H,23,26)/p+1. The van der Waals surface area contributed by atoms with Gasteiger partial charge in [-0.2, -0.15) is 0 Å². The number of carbonyl (C=O) groups is 2. The average Bonchev–Trinajstić information content (AvgIpc) is 2.65. The monoisotopic (exact) mass is 372 g/mol. The van der Waals surface area contributed by atoms with E-state index in [1.54, 1.807) is 0 Å². The van der Waals surface area contributed by atoms with Gasteiger partial charge in [-0.1, -0.05) is 31.2 Å². The van der Waals surface area contributed by atoms with E-state index < -0.39 is 0 Å². The van der Waals surface area contributed by atoms with Crippen molar-refractivity contribution in [3.8, 4) is 0 Å². The minimum absolute atomic E-state index is 0.0412. The van der Waals surface area contributed by atoms with E-state index in [1.165, 1.54) is 6.42 Å². The lowest BCUT2D eigenvalue weighted by Crippen LogP contribution is -3.14. The number of quaternary nitrogens is 1. The molecule has 148 valence electrons. The van der Waals surface area contributed by atoms with E-state index in [2.05, 4.69) is 18.3 Å². The van der Waals surface area contributed by atoms with Crippen LogP contribution in [0.5, 0.6) is 0 Å². The van der Waals surface area contributed by atoms with Crippen molar-refractivity contribution in [3.63, 3.8) is 0 Å². The van der Waals surface area contributed by atoms with Gasteiger partial charge in [0.15, 0.2) is 13.1 Å². The van der Waals surface area contributed by atoms with Gasteiger partial charge in [0, 0.05) is 17.9 Å². The highest BCUT2D eigenvalue weighted by Gasteiger charge is 2.24. The van der Waals surface area contributed by atoms with Crippen LogP contribution in [-0.4, -0.2) is 42.9 Å². The highest BCUT2D eigenvalue weighted by atomic mass is 16.2. The summed E-state index contributed by atoms with van der Waals surface area (Å²) < 4.78 is 0. The summed E-state index contributed by atoms with van der Waals surface area (Å²) in [6.07, 6.45) is 7.55. The summed E-state index contributed by atoms with van der Waals surface area (Å²) >= 11 is 0. The van der Waals surface area contributed by atoms with E-state index in [0.29, 0.717) is 19.6 Å². The Morgan fingerprint density at radius 1 is 1.15 bits per heavy atom. The maximum atomic E-state index is 12.9. The summed E-state index contributed by atoms with van der Waals surface area (Å²) in [5.74, 6) is 0.0817. The van der Waals surface area contributed by atoms with E-state index in [0.717, 1.165) is 54.1 Å². The van der Waals surface area contributed by atoms with Crippen molar-refractivity contribution in [2.45, 2.75) is 52.9 Å². The second-order valence-electron chi connectivity index (χ2n) is 7.30. The molecule has 1 atom stereocenters. The number of benzene rings is 1. The summed E-state index contributed by atoms with van der Waals surface area (Å²) in [7, 11) is 0. The minimum Gasteiger partial charge on any atom is -0.321 e. The highest BCUT2D eigenvalue weighted by molar-refractivity contribution is 5.92. The zero-order chi connectivity index (χ0) is 19.6. The fourth-order valence-electron chi connectivity index (χ4n) is 3.64. The first-order valence-electron chi connectivity index (χ1n) is 10.2. The lowest BCUT2D eigenvalue weighted by molar-refractivity contribution is -0.883. The molecule has 0 bridgehead atoms. The van der Waals surface area contributed by atoms with Crippen LogP contribution in [0.25, 0.3) is 0 Å². The molecule has 0 fully saturated rings. The van der Waals surface area contributed by atoms with Crippen LogP contribution in [-0.2, 0) is 9.59 Å². The molecule has 0 aromatic heterocycles. The predicted molar refractivity (Wildman–Crippen MR) is 110 cm³/mol. The number of para-hydroxylation sites is 1. The summed E-state index contributed by atoms with van der Waals surface area (Å²) in [6, 6.07) is 7.76. The van der Waals surface area contributed by atoms with E-state index in [-0.39, 0.29) is 11.8 Å². The number of carbonyl (C=O) groups excluding carboxylic acids is 2. The number of hydrogen-bond acceptors (Lipinski definition) is 2. The molecule has 0 spiro atoms. The largest absolute Gasteiger partial charge is 0.321 e. The fourth-order valence-corrected chi connectivity index (χ4v) is 3.64. The first-order chi connectivity index (χ1) is 13.0. The smallest absolute Gasteiger partial charge is 0.281 e. The number of allylic oxidation sites excluding steroid dienone is 2. The molecule has 5 nitrogen and oxygen atoms in total. The van der Waals surface area contributed by atoms with Crippen LogP contribution in [0.2, 0.25) is 0 Å². The quantitative estimate of drug-likeness (QED) is 0.700. The maximum Gasteiger partial charge on any atom is 0.281 e. The minimum atomic E-state index is -0.0412. The molecule has 0 saturated heterocycles. The van der Waals surface area contributed by atoms with Gasteiger partial charge in [0.25, 0.3) is 11.8 Å². The highest BCUT2D eigenvalue weighted by Crippen LogP contribution is 2.20. The molecule has 1 aromatic carbocycles. The zero-order valence-electron chi connectivity index (χ0n) is 17.0. The molecule has 0 heterocycles. The van der Waals surface area contributed by atoms with Crippen LogP contribution < -0.4 is 10.2 Å². The molecule has 1 aliphatic rings. The lowest BCUT2D eigenvalue weighted by Gasteiger charge is -2.28. The topological polar surface area (TPSA) is 53.9 Å². The Labute approximate surface area is 163 Å². The first kappa shape index (κ1) is 21.2. The van der Waals surface area contributed by atoms with Crippen LogP contribution in [0.3, 0.4) is 0 Å². The predicted octanol–water partition coefficient (Wildman–Crippen LogP) is 2.53. The normalized spacial score (nSPS) is 15.0. The third-order valence-electron chi connectivity index (χ3n) is 5.07. The van der Waals surface area contributed by atoms with Crippen molar-refractivity contribution in [1.82, 2.24) is 4.90 Å². The average molecular weight is 373 g/mol. The molecular formula is C22H34N3O2+. The number of aryl methyl sites for hydroxylation is 1. The Kier molecular flexibility index (Phi) is 8.52. The van der Waals surface area contributed by atoms with Crippen LogP contribution in [0, 0.1) is 6.92 Å². The van der Waals surface area contributed by atoms with E-state index in [4.69, 9.17) is 0 Å². The fraction of sp³-hybridized carbons (Fsp3) is 0.545. The van der Waals surface area contributed by atoms with Gasteiger partial charge >= 0.3 is 0 Å². The lowest BCUT2D eigenvalue weighted by atomic mass is 10.0. The first-order valence-corrected chi connectivity index (χ1v) is 10.2. The molecule has 1 aliphatic carbocycles. The summed E-state index contributed by atoms with van der Waals surface area (Å²) in [5, 5.41) is 2.98. The van der Waals surface area contributed by atoms with Gasteiger partial charge in [-0.05, 0) is 57.6 Å². The molecule has 5 heteroatoms. The van der Waals surface area contributed by atoms with Gasteiger partial charge in [0.2, 0.25) is 0 Å². The Bertz CT molecular complexity index is 669. The van der Waals surface area contributed by atoms with Crippen LogP contribution in [0.15, 0.2) is 36.0 Å². The van der Waals surface area contributed by atoms with Gasteiger partial charge in [-0.15, -0.1) is 0 Å². The maximum absolute atomic E-state index is 12.9. The van der Waals surface area contributed by atoms with Crippen LogP contribution in [0.1, 0.15) is 51.5 Å². The third-order valence-corrected chi connectivity index (χ3v) is 5.07. The van der Waals surface area contributed by atoms with Crippen LogP contribution >= 0.6 is 0 Å². The number of anilines is 1. The summed E-state index contributed by atoms with van der Waals surface area (Å²) in [4.78, 5) is 28.3. The molecule has 0 saturated carbocycles. The Hall–Kier alpha value is -2.14. The second kappa shape index (κ2) is 10.9. The molecule has 2 rings (SSSR count). The van der Waals surface area contributed by atoms with Gasteiger partial charge in [0.1, 0.15) is 0 Å². The van der Waals surface area contributed by atoms with Crippen molar-refractivity contribution in [2.24, 2.45) is 0 Å². The summed E-state index contributed by atoms with van der Waals surface area (Å²) in [6.45, 7) is 8.27. The van der Waals surface area contributed by atoms with Crippen LogP contribution in [0.4, 0.5) is 5.69 Å². The van der Waals surface area contributed by atoms with Gasteiger partial charge in [-0.25, -0.2) is 0 Å². The number of hydrogen-bond donors (Lipinski definition) is 2. The molecule has 0 radical (unpaired) electrons. The number of nitrogens with one attached hydrogen (secondary N) is 2. The second-order valence-corrected chi connectivity index (χ2v) is 7.30. The number of rotatable bonds is 9. The van der Waals surface area contributed by atoms with E-state index in [1.807, 2.05) is 43.0 Å².